The summed E-state index contributed by atoms with van der Waals surface area (Å²) < 4.78 is 5.52. The fourth-order valence-electron chi connectivity index (χ4n) is 3.06. The van der Waals surface area contributed by atoms with Crippen LogP contribution < -0.4 is 16.0 Å². The minimum Gasteiger partial charge on any atom is -0.384 e. The number of hydrogen-bond donors (Lipinski definition) is 4. The highest BCUT2D eigenvalue weighted by atomic mass is 35.5. The number of benzene rings is 2. The fourth-order valence-corrected chi connectivity index (χ4v) is 3.06. The zero-order valence-electron chi connectivity index (χ0n) is 16.5. The molecule has 0 radical (unpaired) electrons. The van der Waals surface area contributed by atoms with Crippen molar-refractivity contribution >= 4 is 41.4 Å². The maximum absolute atomic E-state index is 13.0. The number of amides is 2. The molecule has 1 fully saturated rings. The van der Waals surface area contributed by atoms with Crippen molar-refractivity contribution in [2.24, 2.45) is 5.73 Å². The lowest BCUT2D eigenvalue weighted by Crippen LogP contribution is -2.49. The predicted molar refractivity (Wildman–Crippen MR) is 117 cm³/mol. The molecule has 2 amide bonds. The number of halogens is 1. The third kappa shape index (κ3) is 5.35. The van der Waals surface area contributed by atoms with Crippen LogP contribution in [0.25, 0.3) is 0 Å². The Bertz CT molecular complexity index is 902. The number of rotatable bonds is 5. The summed E-state index contributed by atoms with van der Waals surface area (Å²) >= 11 is 0. The average molecular weight is 433 g/mol. The minimum atomic E-state index is -1.67. The number of aliphatic hydroxyl groups is 1. The van der Waals surface area contributed by atoms with Gasteiger partial charge in [0.1, 0.15) is 5.84 Å². The lowest BCUT2D eigenvalue weighted by atomic mass is 10.1. The Kier molecular flexibility index (Phi) is 7.93. The van der Waals surface area contributed by atoms with E-state index in [1.54, 1.807) is 24.3 Å². The van der Waals surface area contributed by atoms with Crippen LogP contribution in [0.3, 0.4) is 0 Å². The first kappa shape index (κ1) is 23.3. The van der Waals surface area contributed by atoms with Crippen molar-refractivity contribution in [1.82, 2.24) is 0 Å². The normalized spacial score (nSPS) is 17.5. The first-order chi connectivity index (χ1) is 13.9. The molecule has 0 spiro atoms. The molecule has 0 saturated carbocycles. The molecule has 2 aromatic carbocycles. The largest absolute Gasteiger partial charge is 0.384 e. The Hall–Kier alpha value is -2.94. The van der Waals surface area contributed by atoms with E-state index >= 15 is 0 Å². The van der Waals surface area contributed by atoms with Gasteiger partial charge in [-0.2, -0.15) is 0 Å². The zero-order chi connectivity index (χ0) is 21.0. The molecular weight excluding hydrogens is 408 g/mol. The van der Waals surface area contributed by atoms with Crippen LogP contribution in [-0.4, -0.2) is 48.1 Å². The van der Waals surface area contributed by atoms with Gasteiger partial charge in [-0.1, -0.05) is 17.7 Å². The summed E-state index contributed by atoms with van der Waals surface area (Å²) in [7, 11) is 0. The van der Waals surface area contributed by atoms with E-state index in [1.807, 2.05) is 31.2 Å². The van der Waals surface area contributed by atoms with Crippen molar-refractivity contribution in [3.05, 3.63) is 59.7 Å². The van der Waals surface area contributed by atoms with E-state index in [9.17, 15) is 14.7 Å². The number of amidine groups is 1. The van der Waals surface area contributed by atoms with E-state index in [2.05, 4.69) is 5.32 Å². The number of aliphatic hydroxyl groups excluding tert-OH is 1. The number of anilines is 2. The Morgan fingerprint density at radius 2 is 1.87 bits per heavy atom. The minimum absolute atomic E-state index is 0. The monoisotopic (exact) mass is 432 g/mol. The van der Waals surface area contributed by atoms with Crippen LogP contribution in [0, 0.1) is 12.3 Å². The number of nitrogens with zero attached hydrogens (tertiary/aromatic N) is 1. The van der Waals surface area contributed by atoms with Gasteiger partial charge in [-0.15, -0.1) is 12.4 Å². The third-order valence-corrected chi connectivity index (χ3v) is 4.70. The molecule has 1 aliphatic heterocycles. The highest BCUT2D eigenvalue weighted by Crippen LogP contribution is 2.21. The van der Waals surface area contributed by atoms with Crippen LogP contribution in [0.15, 0.2) is 48.5 Å². The van der Waals surface area contributed by atoms with Gasteiger partial charge in [-0.25, -0.2) is 0 Å². The number of aryl methyl sites for hydroxylation is 1. The summed E-state index contributed by atoms with van der Waals surface area (Å²) in [6, 6.07) is 13.8. The Morgan fingerprint density at radius 1 is 1.23 bits per heavy atom. The van der Waals surface area contributed by atoms with Gasteiger partial charge in [0, 0.05) is 30.1 Å². The van der Waals surface area contributed by atoms with Gasteiger partial charge in [-0.05, 0) is 49.7 Å². The number of ether oxygens (including phenoxy) is 1. The van der Waals surface area contributed by atoms with E-state index in [0.717, 1.165) is 5.56 Å². The summed E-state index contributed by atoms with van der Waals surface area (Å²) in [4.78, 5) is 27.0. The molecular formula is C21H25ClN4O4. The molecule has 0 aromatic heterocycles. The van der Waals surface area contributed by atoms with Gasteiger partial charge in [0.15, 0.2) is 12.2 Å². The van der Waals surface area contributed by atoms with Crippen molar-refractivity contribution in [1.29, 1.82) is 5.41 Å². The molecule has 30 heavy (non-hydrogen) atoms. The molecule has 1 saturated heterocycles. The smallest absolute Gasteiger partial charge is 0.259 e. The first-order valence-electron chi connectivity index (χ1n) is 9.30. The van der Waals surface area contributed by atoms with Crippen LogP contribution >= 0.6 is 12.4 Å². The lowest BCUT2D eigenvalue weighted by Gasteiger charge is -2.26. The molecule has 8 nitrogen and oxygen atoms in total. The standard InChI is InChI=1S/C21H24N4O4.ClH/c1-13-3-9-16(10-4-13)25-11-2-12-29-18(21(25)28)17(26)20(27)24-15-7-5-14(6-8-15)19(22)23;/h3-10,17-18,26H,2,11-12H2,1H3,(H3,22,23)(H,24,27);1H/t17-,18-;/m1./s1. The summed E-state index contributed by atoms with van der Waals surface area (Å²) in [5.41, 5.74) is 8.10. The van der Waals surface area contributed by atoms with Gasteiger partial charge in [-0.3, -0.25) is 15.0 Å². The molecule has 0 bridgehead atoms. The van der Waals surface area contributed by atoms with E-state index in [1.165, 1.54) is 4.90 Å². The van der Waals surface area contributed by atoms with E-state index < -0.39 is 24.0 Å². The van der Waals surface area contributed by atoms with Crippen molar-refractivity contribution in [3.63, 3.8) is 0 Å². The van der Waals surface area contributed by atoms with Crippen LogP contribution in [-0.2, 0) is 14.3 Å². The quantitative estimate of drug-likeness (QED) is 0.423. The molecule has 1 aliphatic rings. The summed E-state index contributed by atoms with van der Waals surface area (Å²) in [6.07, 6.45) is -2.37. The SMILES string of the molecule is Cc1ccc(N2CCCO[C@H]([C@@H](O)C(=O)Nc3ccc(C(=N)N)cc3)C2=O)cc1.Cl. The second kappa shape index (κ2) is 10.2. The van der Waals surface area contributed by atoms with E-state index in [4.69, 9.17) is 15.9 Å². The fraction of sp³-hybridized carbons (Fsp3) is 0.286. The Morgan fingerprint density at radius 3 is 2.47 bits per heavy atom. The second-order valence-electron chi connectivity index (χ2n) is 6.90. The molecule has 0 aliphatic carbocycles. The highest BCUT2D eigenvalue weighted by molar-refractivity contribution is 6.03. The molecule has 2 aromatic rings. The van der Waals surface area contributed by atoms with Gasteiger partial charge in [0.2, 0.25) is 0 Å². The van der Waals surface area contributed by atoms with Crippen LogP contribution in [0.2, 0.25) is 0 Å². The number of carbonyl (C=O) groups excluding carboxylic acids is 2. The lowest BCUT2D eigenvalue weighted by molar-refractivity contribution is -0.145. The molecule has 1 heterocycles. The molecule has 2 atom stereocenters. The molecule has 0 unspecified atom stereocenters. The third-order valence-electron chi connectivity index (χ3n) is 4.70. The summed E-state index contributed by atoms with van der Waals surface area (Å²) in [6.45, 7) is 2.66. The van der Waals surface area contributed by atoms with Crippen LogP contribution in [0.4, 0.5) is 11.4 Å². The first-order valence-corrected chi connectivity index (χ1v) is 9.30. The van der Waals surface area contributed by atoms with Crippen molar-refractivity contribution in [3.8, 4) is 0 Å². The van der Waals surface area contributed by atoms with Gasteiger partial charge in [0.05, 0.1) is 0 Å². The van der Waals surface area contributed by atoms with E-state index in [-0.39, 0.29) is 24.8 Å². The number of hydrogen-bond acceptors (Lipinski definition) is 5. The van der Waals surface area contributed by atoms with Crippen molar-refractivity contribution < 1.29 is 19.4 Å². The van der Waals surface area contributed by atoms with Gasteiger partial charge >= 0.3 is 0 Å². The Labute approximate surface area is 180 Å². The van der Waals surface area contributed by atoms with Gasteiger partial charge in [0.25, 0.3) is 11.8 Å². The molecule has 9 heteroatoms. The average Bonchev–Trinajstić information content (AvgIpc) is 2.90. The summed E-state index contributed by atoms with van der Waals surface area (Å²) in [5.74, 6) is -1.29. The number of nitrogens with one attached hydrogen (secondary N) is 2. The zero-order valence-corrected chi connectivity index (χ0v) is 17.3. The van der Waals surface area contributed by atoms with Crippen molar-refractivity contribution in [2.45, 2.75) is 25.6 Å². The maximum Gasteiger partial charge on any atom is 0.259 e. The van der Waals surface area contributed by atoms with Gasteiger partial charge < -0.3 is 25.8 Å². The molecule has 5 N–H and O–H groups in total. The maximum atomic E-state index is 13.0. The van der Waals surface area contributed by atoms with Crippen LogP contribution in [0.5, 0.6) is 0 Å². The van der Waals surface area contributed by atoms with Crippen molar-refractivity contribution in [2.75, 3.05) is 23.4 Å². The molecule has 3 rings (SSSR count). The highest BCUT2D eigenvalue weighted by Gasteiger charge is 2.38. The number of nitrogen functional groups attached to an aromatic ring is 1. The topological polar surface area (TPSA) is 129 Å². The van der Waals surface area contributed by atoms with Crippen LogP contribution in [0.1, 0.15) is 17.5 Å². The summed E-state index contributed by atoms with van der Waals surface area (Å²) in [5, 5.41) is 20.5. The number of nitrogens with two attached hydrogens (primary N) is 1. The Balaban J connectivity index is 0.00000320. The van der Waals surface area contributed by atoms with E-state index in [0.29, 0.717) is 29.9 Å². The number of carbonyl (C=O) groups is 2. The predicted octanol–water partition coefficient (Wildman–Crippen LogP) is 1.82. The second-order valence-corrected chi connectivity index (χ2v) is 6.90. The molecule has 160 valence electrons.